The number of hydrogen-bond acceptors (Lipinski definition) is 4. The summed E-state index contributed by atoms with van der Waals surface area (Å²) in [7, 11) is 0. The zero-order valence-electron chi connectivity index (χ0n) is 9.61. The molecule has 5 nitrogen and oxygen atoms in total. The van der Waals surface area contributed by atoms with Crippen LogP contribution in [0.25, 0.3) is 0 Å². The van der Waals surface area contributed by atoms with Crippen molar-refractivity contribution in [1.82, 2.24) is 9.88 Å². The van der Waals surface area contributed by atoms with E-state index in [1.165, 1.54) is 0 Å². The van der Waals surface area contributed by atoms with Gasteiger partial charge in [-0.1, -0.05) is 18.5 Å². The maximum Gasteiger partial charge on any atom is 0.254 e. The highest BCUT2D eigenvalue weighted by atomic mass is 35.5. The van der Waals surface area contributed by atoms with Gasteiger partial charge in [0.05, 0.1) is 0 Å². The third-order valence-electron chi connectivity index (χ3n) is 2.90. The van der Waals surface area contributed by atoms with Crippen LogP contribution in [0.4, 0.5) is 5.82 Å². The number of anilines is 1. The summed E-state index contributed by atoms with van der Waals surface area (Å²) in [6, 6.07) is 3.17. The van der Waals surface area contributed by atoms with Crippen LogP contribution in [0.2, 0.25) is 5.15 Å². The smallest absolute Gasteiger partial charge is 0.254 e. The fourth-order valence-corrected chi connectivity index (χ4v) is 2.20. The molecule has 6 heteroatoms. The molecule has 1 aliphatic heterocycles. The quantitative estimate of drug-likeness (QED) is 0.477. The van der Waals surface area contributed by atoms with Gasteiger partial charge in [0.2, 0.25) is 0 Å². The number of nitrogens with two attached hydrogens (primary N) is 1. The van der Waals surface area contributed by atoms with Gasteiger partial charge < -0.3 is 10.3 Å². The molecule has 1 unspecified atom stereocenters. The Morgan fingerprint density at radius 3 is 3.00 bits per heavy atom. The lowest BCUT2D eigenvalue weighted by molar-refractivity contribution is 0.0788. The lowest BCUT2D eigenvalue weighted by Crippen LogP contribution is -2.28. The summed E-state index contributed by atoms with van der Waals surface area (Å²) in [6.07, 6.45) is 1.05. The Balaban J connectivity index is 2.21. The van der Waals surface area contributed by atoms with E-state index in [2.05, 4.69) is 17.3 Å². The van der Waals surface area contributed by atoms with E-state index in [0.29, 0.717) is 17.3 Å². The Bertz CT molecular complexity index is 437. The standard InChI is InChI=1S/C11H15ClN4O/c1-7-2-3-16(6-7)11(17)8-4-9(12)14-10(5-8)15-13/h4-5,7H,2-3,6,13H2,1H3,(H,14,15). The number of nitrogens with one attached hydrogen (secondary N) is 1. The largest absolute Gasteiger partial charge is 0.338 e. The lowest BCUT2D eigenvalue weighted by atomic mass is 10.2. The zero-order valence-corrected chi connectivity index (χ0v) is 10.4. The van der Waals surface area contributed by atoms with E-state index in [4.69, 9.17) is 17.4 Å². The first-order valence-electron chi connectivity index (χ1n) is 5.53. The van der Waals surface area contributed by atoms with E-state index in [0.717, 1.165) is 19.5 Å². The first-order valence-corrected chi connectivity index (χ1v) is 5.91. The SMILES string of the molecule is CC1CCN(C(=O)c2cc(Cl)nc(NN)c2)C1. The molecule has 0 aromatic carbocycles. The van der Waals surface area contributed by atoms with E-state index in [1.54, 1.807) is 12.1 Å². The van der Waals surface area contributed by atoms with Crippen LogP contribution in [0.15, 0.2) is 12.1 Å². The van der Waals surface area contributed by atoms with Crippen LogP contribution in [0.5, 0.6) is 0 Å². The Morgan fingerprint density at radius 1 is 1.65 bits per heavy atom. The predicted molar refractivity (Wildman–Crippen MR) is 66.7 cm³/mol. The van der Waals surface area contributed by atoms with Crippen molar-refractivity contribution in [1.29, 1.82) is 0 Å². The van der Waals surface area contributed by atoms with Gasteiger partial charge in [0.1, 0.15) is 11.0 Å². The highest BCUT2D eigenvalue weighted by molar-refractivity contribution is 6.29. The normalized spacial score (nSPS) is 19.5. The number of pyridine rings is 1. The van der Waals surface area contributed by atoms with Gasteiger partial charge in [0.15, 0.2) is 0 Å². The molecule has 0 radical (unpaired) electrons. The molecule has 1 aliphatic rings. The molecule has 0 saturated carbocycles. The third-order valence-corrected chi connectivity index (χ3v) is 3.09. The molecular formula is C11H15ClN4O. The maximum atomic E-state index is 12.2. The number of carbonyl (C=O) groups excluding carboxylic acids is 1. The average molecular weight is 255 g/mol. The molecule has 2 heterocycles. The monoisotopic (exact) mass is 254 g/mol. The molecule has 1 fully saturated rings. The van der Waals surface area contributed by atoms with Crippen molar-refractivity contribution in [2.45, 2.75) is 13.3 Å². The fourth-order valence-electron chi connectivity index (χ4n) is 2.00. The molecule has 2 rings (SSSR count). The van der Waals surface area contributed by atoms with Gasteiger partial charge in [0.25, 0.3) is 5.91 Å². The minimum absolute atomic E-state index is 0.0184. The van der Waals surface area contributed by atoms with Crippen molar-refractivity contribution in [3.05, 3.63) is 22.8 Å². The number of hydrogen-bond donors (Lipinski definition) is 2. The summed E-state index contributed by atoms with van der Waals surface area (Å²) in [6.45, 7) is 3.73. The number of halogens is 1. The van der Waals surface area contributed by atoms with Gasteiger partial charge in [-0.05, 0) is 24.5 Å². The minimum Gasteiger partial charge on any atom is -0.338 e. The van der Waals surface area contributed by atoms with Gasteiger partial charge in [-0.2, -0.15) is 0 Å². The van der Waals surface area contributed by atoms with Crippen molar-refractivity contribution in [3.8, 4) is 0 Å². The van der Waals surface area contributed by atoms with E-state index in [1.807, 2.05) is 4.90 Å². The zero-order chi connectivity index (χ0) is 12.4. The van der Waals surface area contributed by atoms with Gasteiger partial charge in [-0.25, -0.2) is 10.8 Å². The van der Waals surface area contributed by atoms with Crippen LogP contribution in [-0.2, 0) is 0 Å². The van der Waals surface area contributed by atoms with Gasteiger partial charge in [0, 0.05) is 18.7 Å². The van der Waals surface area contributed by atoms with Crippen molar-refractivity contribution in [2.24, 2.45) is 11.8 Å². The van der Waals surface area contributed by atoms with E-state index >= 15 is 0 Å². The third kappa shape index (κ3) is 2.68. The Morgan fingerprint density at radius 2 is 2.41 bits per heavy atom. The van der Waals surface area contributed by atoms with Crippen LogP contribution in [0, 0.1) is 5.92 Å². The summed E-state index contributed by atoms with van der Waals surface area (Å²) >= 11 is 5.83. The van der Waals surface area contributed by atoms with Crippen molar-refractivity contribution < 1.29 is 4.79 Å². The summed E-state index contributed by atoms with van der Waals surface area (Å²) in [5.74, 6) is 6.20. The molecule has 1 aromatic heterocycles. The average Bonchev–Trinajstić information content (AvgIpc) is 2.74. The molecule has 1 atom stereocenters. The van der Waals surface area contributed by atoms with Crippen molar-refractivity contribution in [3.63, 3.8) is 0 Å². The van der Waals surface area contributed by atoms with Crippen molar-refractivity contribution >= 4 is 23.3 Å². The van der Waals surface area contributed by atoms with Crippen LogP contribution in [-0.4, -0.2) is 28.9 Å². The lowest BCUT2D eigenvalue weighted by Gasteiger charge is -2.16. The van der Waals surface area contributed by atoms with Gasteiger partial charge >= 0.3 is 0 Å². The summed E-state index contributed by atoms with van der Waals surface area (Å²) in [5, 5.41) is 0.260. The number of rotatable bonds is 2. The Labute approximate surface area is 105 Å². The topological polar surface area (TPSA) is 71.2 Å². The summed E-state index contributed by atoms with van der Waals surface area (Å²) in [4.78, 5) is 17.9. The Hall–Kier alpha value is -1.33. The molecule has 92 valence electrons. The fraction of sp³-hybridized carbons (Fsp3) is 0.455. The number of hydrazine groups is 1. The molecular weight excluding hydrogens is 240 g/mol. The first-order chi connectivity index (χ1) is 8.10. The molecule has 17 heavy (non-hydrogen) atoms. The number of nitrogen functional groups attached to an aromatic ring is 1. The number of nitrogens with zero attached hydrogens (tertiary/aromatic N) is 2. The van der Waals surface area contributed by atoms with E-state index in [9.17, 15) is 4.79 Å². The van der Waals surface area contributed by atoms with Crippen LogP contribution in [0.3, 0.4) is 0 Å². The highest BCUT2D eigenvalue weighted by Crippen LogP contribution is 2.20. The second-order valence-corrected chi connectivity index (χ2v) is 4.74. The number of likely N-dealkylation sites (tertiary alicyclic amines) is 1. The van der Waals surface area contributed by atoms with Crippen molar-refractivity contribution in [2.75, 3.05) is 18.5 Å². The summed E-state index contributed by atoms with van der Waals surface area (Å²) < 4.78 is 0. The maximum absolute atomic E-state index is 12.2. The molecule has 1 aromatic rings. The second kappa shape index (κ2) is 4.89. The minimum atomic E-state index is -0.0184. The van der Waals surface area contributed by atoms with Gasteiger partial charge in [-0.15, -0.1) is 0 Å². The van der Waals surface area contributed by atoms with E-state index in [-0.39, 0.29) is 11.1 Å². The molecule has 1 amide bonds. The number of aromatic nitrogens is 1. The highest BCUT2D eigenvalue weighted by Gasteiger charge is 2.24. The van der Waals surface area contributed by atoms with Gasteiger partial charge in [-0.3, -0.25) is 4.79 Å². The second-order valence-electron chi connectivity index (χ2n) is 4.35. The molecule has 3 N–H and O–H groups in total. The number of carbonyl (C=O) groups is 1. The van der Waals surface area contributed by atoms with Crippen LogP contribution in [0.1, 0.15) is 23.7 Å². The first kappa shape index (κ1) is 12.1. The molecule has 0 spiro atoms. The van der Waals surface area contributed by atoms with Crippen LogP contribution < -0.4 is 11.3 Å². The Kier molecular flexibility index (Phi) is 3.49. The molecule has 0 aliphatic carbocycles. The molecule has 1 saturated heterocycles. The van der Waals surface area contributed by atoms with Crippen LogP contribution >= 0.6 is 11.6 Å². The number of amides is 1. The van der Waals surface area contributed by atoms with E-state index < -0.39 is 0 Å². The predicted octanol–water partition coefficient (Wildman–Crippen LogP) is 1.50. The molecule has 0 bridgehead atoms. The summed E-state index contributed by atoms with van der Waals surface area (Å²) in [5.41, 5.74) is 2.92.